The number of hydrogen-bond donors (Lipinski definition) is 1. The molecule has 1 rings (SSSR count). The summed E-state index contributed by atoms with van der Waals surface area (Å²) in [5.41, 5.74) is 6.76. The van der Waals surface area contributed by atoms with E-state index in [1.165, 1.54) is 10.5 Å². The first kappa shape index (κ1) is 15.5. The van der Waals surface area contributed by atoms with Gasteiger partial charge in [0.1, 0.15) is 5.60 Å². The van der Waals surface area contributed by atoms with Crippen molar-refractivity contribution in [2.24, 2.45) is 5.73 Å². The molecule has 1 aromatic carbocycles. The van der Waals surface area contributed by atoms with Crippen LogP contribution in [0.5, 0.6) is 0 Å². The highest BCUT2D eigenvalue weighted by Gasteiger charge is 2.20. The Morgan fingerprint density at radius 3 is 2.42 bits per heavy atom. The number of hydrogen-bond acceptors (Lipinski definition) is 3. The zero-order valence-corrected chi connectivity index (χ0v) is 12.2. The summed E-state index contributed by atoms with van der Waals surface area (Å²) in [5, 5.41) is 0. The lowest BCUT2D eigenvalue weighted by Crippen LogP contribution is -2.42. The van der Waals surface area contributed by atoms with Gasteiger partial charge in [0.05, 0.1) is 0 Å². The maximum Gasteiger partial charge on any atom is 0.410 e. The second kappa shape index (κ2) is 6.57. The number of amides is 1. The van der Waals surface area contributed by atoms with Crippen molar-refractivity contribution in [1.82, 2.24) is 4.90 Å². The van der Waals surface area contributed by atoms with Crippen molar-refractivity contribution in [2.75, 3.05) is 13.6 Å². The summed E-state index contributed by atoms with van der Waals surface area (Å²) in [6.07, 6.45) is 0.407. The molecule has 106 valence electrons. The standard InChI is InChI=1S/C15H24N2O2/c1-15(2,3)19-14(18)17(4)11-13(16)10-12-8-6-5-7-9-12/h5-9,13H,10-11,16H2,1-4H3/t13-/m0/s1. The Morgan fingerprint density at radius 1 is 1.32 bits per heavy atom. The Labute approximate surface area is 115 Å². The molecule has 1 amide bonds. The fraction of sp³-hybridized carbons (Fsp3) is 0.533. The number of ether oxygens (including phenoxy) is 1. The molecule has 0 bridgehead atoms. The highest BCUT2D eigenvalue weighted by Crippen LogP contribution is 2.10. The first-order valence-electron chi connectivity index (χ1n) is 6.51. The van der Waals surface area contributed by atoms with Crippen LogP contribution in [0.3, 0.4) is 0 Å². The Bertz CT molecular complexity index is 398. The van der Waals surface area contributed by atoms with Gasteiger partial charge in [-0.15, -0.1) is 0 Å². The number of rotatable bonds is 4. The van der Waals surface area contributed by atoms with Crippen LogP contribution in [0.4, 0.5) is 4.79 Å². The van der Waals surface area contributed by atoms with Crippen LogP contribution in [0.1, 0.15) is 26.3 Å². The van der Waals surface area contributed by atoms with Gasteiger partial charge in [0.15, 0.2) is 0 Å². The van der Waals surface area contributed by atoms with Gasteiger partial charge < -0.3 is 15.4 Å². The van der Waals surface area contributed by atoms with E-state index in [0.29, 0.717) is 6.54 Å². The molecule has 4 nitrogen and oxygen atoms in total. The zero-order chi connectivity index (χ0) is 14.5. The minimum Gasteiger partial charge on any atom is -0.444 e. The molecule has 19 heavy (non-hydrogen) atoms. The fourth-order valence-corrected chi connectivity index (χ4v) is 1.75. The molecule has 0 aliphatic rings. The van der Waals surface area contributed by atoms with Crippen LogP contribution < -0.4 is 5.73 Å². The molecule has 0 spiro atoms. The fourth-order valence-electron chi connectivity index (χ4n) is 1.75. The lowest BCUT2D eigenvalue weighted by molar-refractivity contribution is 0.0289. The predicted octanol–water partition coefficient (Wildman–Crippen LogP) is 2.42. The van der Waals surface area contributed by atoms with Gasteiger partial charge >= 0.3 is 6.09 Å². The highest BCUT2D eigenvalue weighted by molar-refractivity contribution is 5.67. The first-order valence-corrected chi connectivity index (χ1v) is 6.51. The van der Waals surface area contributed by atoms with E-state index in [1.54, 1.807) is 7.05 Å². The maximum atomic E-state index is 11.8. The van der Waals surface area contributed by atoms with Crippen LogP contribution in [-0.4, -0.2) is 36.2 Å². The summed E-state index contributed by atoms with van der Waals surface area (Å²) < 4.78 is 5.28. The summed E-state index contributed by atoms with van der Waals surface area (Å²) in [5.74, 6) is 0. The van der Waals surface area contributed by atoms with Crippen molar-refractivity contribution in [2.45, 2.75) is 38.8 Å². The minimum absolute atomic E-state index is 0.0973. The van der Waals surface area contributed by atoms with Gasteiger partial charge in [0, 0.05) is 19.6 Å². The van der Waals surface area contributed by atoms with Crippen molar-refractivity contribution in [1.29, 1.82) is 0 Å². The topological polar surface area (TPSA) is 55.6 Å². The van der Waals surface area contributed by atoms with Crippen LogP contribution in [-0.2, 0) is 11.2 Å². The molecule has 0 aromatic heterocycles. The van der Waals surface area contributed by atoms with E-state index < -0.39 is 5.60 Å². The monoisotopic (exact) mass is 264 g/mol. The van der Waals surface area contributed by atoms with Gasteiger partial charge in [0.2, 0.25) is 0 Å². The van der Waals surface area contributed by atoms with Gasteiger partial charge in [-0.2, -0.15) is 0 Å². The molecule has 2 N–H and O–H groups in total. The Morgan fingerprint density at radius 2 is 1.89 bits per heavy atom. The third-order valence-corrected chi connectivity index (χ3v) is 2.55. The second-order valence-electron chi connectivity index (χ2n) is 5.81. The zero-order valence-electron chi connectivity index (χ0n) is 12.2. The summed E-state index contributed by atoms with van der Waals surface area (Å²) in [4.78, 5) is 13.3. The first-order chi connectivity index (χ1) is 8.78. The lowest BCUT2D eigenvalue weighted by atomic mass is 10.1. The molecule has 0 saturated carbocycles. The van der Waals surface area contributed by atoms with E-state index in [2.05, 4.69) is 0 Å². The van der Waals surface area contributed by atoms with Gasteiger partial charge in [-0.1, -0.05) is 30.3 Å². The van der Waals surface area contributed by atoms with Crippen molar-refractivity contribution in [3.8, 4) is 0 Å². The molecule has 0 fully saturated rings. The van der Waals surface area contributed by atoms with Crippen LogP contribution >= 0.6 is 0 Å². The quantitative estimate of drug-likeness (QED) is 0.908. The SMILES string of the molecule is CN(C[C@@H](N)Cc1ccccc1)C(=O)OC(C)(C)C. The number of likely N-dealkylation sites (N-methyl/N-ethyl adjacent to an activating group) is 1. The van der Waals surface area contributed by atoms with E-state index in [0.717, 1.165) is 6.42 Å². The normalized spacial score (nSPS) is 12.9. The number of nitrogens with two attached hydrogens (primary N) is 1. The van der Waals surface area contributed by atoms with Crippen molar-refractivity contribution < 1.29 is 9.53 Å². The largest absolute Gasteiger partial charge is 0.444 e. The molecular weight excluding hydrogens is 240 g/mol. The maximum absolute atomic E-state index is 11.8. The Balaban J connectivity index is 2.44. The average molecular weight is 264 g/mol. The van der Waals surface area contributed by atoms with Crippen LogP contribution in [0.15, 0.2) is 30.3 Å². The van der Waals surface area contributed by atoms with Gasteiger partial charge in [-0.05, 0) is 32.8 Å². The highest BCUT2D eigenvalue weighted by atomic mass is 16.6. The summed E-state index contributed by atoms with van der Waals surface area (Å²) in [7, 11) is 1.71. The number of nitrogens with zero attached hydrogens (tertiary/aromatic N) is 1. The van der Waals surface area contributed by atoms with Gasteiger partial charge in [0.25, 0.3) is 0 Å². The van der Waals surface area contributed by atoms with E-state index in [1.807, 2.05) is 51.1 Å². The van der Waals surface area contributed by atoms with Crippen molar-refractivity contribution in [3.05, 3.63) is 35.9 Å². The molecule has 0 aliphatic carbocycles. The third-order valence-electron chi connectivity index (χ3n) is 2.55. The molecule has 1 atom stereocenters. The second-order valence-corrected chi connectivity index (χ2v) is 5.81. The molecule has 0 radical (unpaired) electrons. The smallest absolute Gasteiger partial charge is 0.410 e. The third kappa shape index (κ3) is 6.25. The minimum atomic E-state index is -0.477. The lowest BCUT2D eigenvalue weighted by Gasteiger charge is -2.26. The summed E-state index contributed by atoms with van der Waals surface area (Å²) in [6, 6.07) is 9.92. The molecule has 0 heterocycles. The molecular formula is C15H24N2O2. The Kier molecular flexibility index (Phi) is 5.36. The predicted molar refractivity (Wildman–Crippen MR) is 77.0 cm³/mol. The summed E-state index contributed by atoms with van der Waals surface area (Å²) >= 11 is 0. The van der Waals surface area contributed by atoms with E-state index >= 15 is 0 Å². The number of carbonyl (C=O) groups excluding carboxylic acids is 1. The van der Waals surface area contributed by atoms with Gasteiger partial charge in [-0.3, -0.25) is 0 Å². The van der Waals surface area contributed by atoms with Crippen LogP contribution in [0, 0.1) is 0 Å². The van der Waals surface area contributed by atoms with E-state index in [4.69, 9.17) is 10.5 Å². The molecule has 0 saturated heterocycles. The van der Waals surface area contributed by atoms with Crippen LogP contribution in [0.2, 0.25) is 0 Å². The average Bonchev–Trinajstić information content (AvgIpc) is 2.27. The molecule has 0 unspecified atom stereocenters. The Hall–Kier alpha value is -1.55. The number of carbonyl (C=O) groups is 1. The summed E-state index contributed by atoms with van der Waals surface area (Å²) in [6.45, 7) is 6.03. The van der Waals surface area contributed by atoms with Gasteiger partial charge in [-0.25, -0.2) is 4.79 Å². The van der Waals surface area contributed by atoms with E-state index in [9.17, 15) is 4.79 Å². The van der Waals surface area contributed by atoms with Crippen LogP contribution in [0.25, 0.3) is 0 Å². The number of benzene rings is 1. The van der Waals surface area contributed by atoms with E-state index in [-0.39, 0.29) is 12.1 Å². The molecule has 0 aliphatic heterocycles. The van der Waals surface area contributed by atoms with Crippen molar-refractivity contribution in [3.63, 3.8) is 0 Å². The van der Waals surface area contributed by atoms with Crippen molar-refractivity contribution >= 4 is 6.09 Å². The molecule has 4 heteroatoms. The molecule has 1 aromatic rings.